The predicted octanol–water partition coefficient (Wildman–Crippen LogP) is 4.19. The van der Waals surface area contributed by atoms with Gasteiger partial charge in [-0.2, -0.15) is 0 Å². The first kappa shape index (κ1) is 16.5. The van der Waals surface area contributed by atoms with Gasteiger partial charge in [0.15, 0.2) is 5.78 Å². The summed E-state index contributed by atoms with van der Waals surface area (Å²) in [6.45, 7) is 0. The second kappa shape index (κ2) is 7.45. The van der Waals surface area contributed by atoms with Crippen LogP contribution in [-0.2, 0) is 6.42 Å². The molecule has 4 nitrogen and oxygen atoms in total. The third-order valence-electron chi connectivity index (χ3n) is 3.78. The largest absolute Gasteiger partial charge is 0.457 e. The lowest BCUT2D eigenvalue weighted by Gasteiger charge is -2.07. The molecule has 0 amide bonds. The Morgan fingerprint density at radius 3 is 1.96 bits per heavy atom. The molecule has 3 aromatic rings. The van der Waals surface area contributed by atoms with Gasteiger partial charge in [-0.25, -0.2) is 0 Å². The Hall–Kier alpha value is -3.40. The Bertz CT molecular complexity index is 870. The van der Waals surface area contributed by atoms with Crippen molar-refractivity contribution in [3.63, 3.8) is 0 Å². The molecule has 124 valence electrons. The number of para-hydroxylation sites is 1. The first-order valence-electron chi connectivity index (χ1n) is 7.91. The molecule has 3 rings (SSSR count). The molecule has 0 aromatic heterocycles. The Kier molecular flexibility index (Phi) is 4.90. The molecule has 0 spiro atoms. The third kappa shape index (κ3) is 4.32. The van der Waals surface area contributed by atoms with Crippen LogP contribution in [0.1, 0.15) is 21.5 Å². The van der Waals surface area contributed by atoms with Gasteiger partial charge in [-0.1, -0.05) is 42.5 Å². The molecule has 0 saturated heterocycles. The molecule has 3 aromatic carbocycles. The number of amidine groups is 1. The maximum Gasteiger partial charge on any atom is 0.167 e. The monoisotopic (exact) mass is 330 g/mol. The Labute approximate surface area is 146 Å². The number of hydrogen-bond donors (Lipinski definition) is 2. The average molecular weight is 330 g/mol. The van der Waals surface area contributed by atoms with Crippen LogP contribution < -0.4 is 10.5 Å². The zero-order valence-electron chi connectivity index (χ0n) is 13.6. The predicted molar refractivity (Wildman–Crippen MR) is 98.5 cm³/mol. The normalized spacial score (nSPS) is 10.2. The van der Waals surface area contributed by atoms with E-state index in [9.17, 15) is 4.79 Å². The van der Waals surface area contributed by atoms with Gasteiger partial charge < -0.3 is 10.5 Å². The number of nitrogens with one attached hydrogen (secondary N) is 1. The van der Waals surface area contributed by atoms with Crippen molar-refractivity contribution < 1.29 is 9.53 Å². The minimum atomic E-state index is 0.0203. The van der Waals surface area contributed by atoms with E-state index in [1.165, 1.54) is 0 Å². The van der Waals surface area contributed by atoms with Crippen LogP contribution in [-0.4, -0.2) is 11.6 Å². The molecule has 0 bridgehead atoms. The van der Waals surface area contributed by atoms with Crippen LogP contribution in [0.25, 0.3) is 0 Å². The number of ketones is 1. The van der Waals surface area contributed by atoms with E-state index in [1.807, 2.05) is 42.5 Å². The van der Waals surface area contributed by atoms with Crippen LogP contribution >= 0.6 is 0 Å². The summed E-state index contributed by atoms with van der Waals surface area (Å²) in [5.41, 5.74) is 7.61. The van der Waals surface area contributed by atoms with Crippen LogP contribution in [0.5, 0.6) is 11.5 Å². The van der Waals surface area contributed by atoms with Gasteiger partial charge in [-0.15, -0.1) is 0 Å². The third-order valence-corrected chi connectivity index (χ3v) is 3.78. The zero-order chi connectivity index (χ0) is 17.6. The van der Waals surface area contributed by atoms with Gasteiger partial charge in [-0.3, -0.25) is 10.2 Å². The Balaban J connectivity index is 1.65. The molecule has 0 aliphatic heterocycles. The number of rotatable bonds is 6. The van der Waals surface area contributed by atoms with Crippen LogP contribution in [0.15, 0.2) is 78.9 Å². The summed E-state index contributed by atoms with van der Waals surface area (Å²) in [4.78, 5) is 12.4. The molecule has 0 fully saturated rings. The van der Waals surface area contributed by atoms with Gasteiger partial charge in [0.2, 0.25) is 0 Å². The maximum atomic E-state index is 12.4. The van der Waals surface area contributed by atoms with Crippen molar-refractivity contribution in [3.05, 3.63) is 95.6 Å². The number of Topliss-reactive ketones (excluding diaryl/α,β-unsaturated/α-hetero) is 1. The fourth-order valence-electron chi connectivity index (χ4n) is 2.42. The summed E-state index contributed by atoms with van der Waals surface area (Å²) in [5, 5.41) is 7.38. The van der Waals surface area contributed by atoms with E-state index in [-0.39, 0.29) is 11.6 Å². The fourth-order valence-corrected chi connectivity index (χ4v) is 2.42. The molecule has 4 heteroatoms. The highest BCUT2D eigenvalue weighted by Crippen LogP contribution is 2.21. The smallest absolute Gasteiger partial charge is 0.167 e. The number of benzene rings is 3. The second-order valence-electron chi connectivity index (χ2n) is 5.65. The fraction of sp³-hybridized carbons (Fsp3) is 0.0476. The van der Waals surface area contributed by atoms with E-state index in [0.717, 1.165) is 11.3 Å². The molecule has 0 radical (unpaired) electrons. The molecular formula is C21H18N2O2. The number of nitrogen functional groups attached to an aromatic ring is 1. The van der Waals surface area contributed by atoms with Gasteiger partial charge in [-0.05, 0) is 42.0 Å². The number of nitrogens with two attached hydrogens (primary N) is 1. The van der Waals surface area contributed by atoms with Crippen molar-refractivity contribution in [1.82, 2.24) is 0 Å². The summed E-state index contributed by atoms with van der Waals surface area (Å²) in [5.74, 6) is 1.49. The zero-order valence-corrected chi connectivity index (χ0v) is 13.6. The summed E-state index contributed by atoms with van der Waals surface area (Å²) in [7, 11) is 0. The first-order valence-corrected chi connectivity index (χ1v) is 7.91. The van der Waals surface area contributed by atoms with Crippen molar-refractivity contribution >= 4 is 11.6 Å². The lowest BCUT2D eigenvalue weighted by Crippen LogP contribution is -2.11. The van der Waals surface area contributed by atoms with Gasteiger partial charge in [0, 0.05) is 17.5 Å². The number of carbonyl (C=O) groups is 1. The minimum absolute atomic E-state index is 0.0203. The van der Waals surface area contributed by atoms with Gasteiger partial charge >= 0.3 is 0 Å². The van der Waals surface area contributed by atoms with Crippen LogP contribution in [0, 0.1) is 5.41 Å². The lowest BCUT2D eigenvalue weighted by atomic mass is 10.0. The molecule has 0 unspecified atom stereocenters. The summed E-state index contributed by atoms with van der Waals surface area (Å²) in [6.07, 6.45) is 0.303. The number of ether oxygens (including phenoxy) is 1. The van der Waals surface area contributed by atoms with Crippen molar-refractivity contribution in [3.8, 4) is 11.5 Å². The topological polar surface area (TPSA) is 76.2 Å². The van der Waals surface area contributed by atoms with E-state index in [0.29, 0.717) is 23.3 Å². The molecular weight excluding hydrogens is 312 g/mol. The highest BCUT2D eigenvalue weighted by atomic mass is 16.5. The van der Waals surface area contributed by atoms with Crippen LogP contribution in [0.2, 0.25) is 0 Å². The molecule has 0 atom stereocenters. The Morgan fingerprint density at radius 1 is 0.800 bits per heavy atom. The van der Waals surface area contributed by atoms with E-state index in [2.05, 4.69) is 0 Å². The summed E-state index contributed by atoms with van der Waals surface area (Å²) >= 11 is 0. The van der Waals surface area contributed by atoms with Crippen LogP contribution in [0.4, 0.5) is 0 Å². The average Bonchev–Trinajstić information content (AvgIpc) is 2.63. The number of hydrogen-bond acceptors (Lipinski definition) is 3. The highest BCUT2D eigenvalue weighted by molar-refractivity contribution is 5.98. The molecule has 25 heavy (non-hydrogen) atoms. The quantitative estimate of drug-likeness (QED) is 0.404. The van der Waals surface area contributed by atoms with E-state index in [1.54, 1.807) is 36.4 Å². The van der Waals surface area contributed by atoms with Gasteiger partial charge in [0.05, 0.1) is 0 Å². The van der Waals surface area contributed by atoms with Crippen molar-refractivity contribution in [2.24, 2.45) is 5.73 Å². The molecule has 0 saturated carbocycles. The van der Waals surface area contributed by atoms with E-state index >= 15 is 0 Å². The molecule has 0 heterocycles. The van der Waals surface area contributed by atoms with Crippen molar-refractivity contribution in [2.75, 3.05) is 0 Å². The highest BCUT2D eigenvalue weighted by Gasteiger charge is 2.08. The maximum absolute atomic E-state index is 12.4. The minimum Gasteiger partial charge on any atom is -0.457 e. The lowest BCUT2D eigenvalue weighted by molar-refractivity contribution is 0.0993. The molecule has 0 aliphatic carbocycles. The van der Waals surface area contributed by atoms with Gasteiger partial charge in [0.1, 0.15) is 17.3 Å². The second-order valence-corrected chi connectivity index (χ2v) is 5.65. The van der Waals surface area contributed by atoms with E-state index in [4.69, 9.17) is 15.9 Å². The van der Waals surface area contributed by atoms with Gasteiger partial charge in [0.25, 0.3) is 0 Å². The summed E-state index contributed by atoms with van der Waals surface area (Å²) < 4.78 is 5.72. The van der Waals surface area contributed by atoms with Crippen LogP contribution in [0.3, 0.4) is 0 Å². The van der Waals surface area contributed by atoms with Crippen molar-refractivity contribution in [2.45, 2.75) is 6.42 Å². The SMILES string of the molecule is N=C(N)c1ccc(CC(=O)c2ccc(Oc3ccccc3)cc2)cc1. The van der Waals surface area contributed by atoms with Crippen molar-refractivity contribution in [1.29, 1.82) is 5.41 Å². The standard InChI is InChI=1S/C21H18N2O2/c22-21(23)17-8-6-15(7-9-17)14-20(24)16-10-12-19(13-11-16)25-18-4-2-1-3-5-18/h1-13H,14H2,(H3,22,23). The van der Waals surface area contributed by atoms with E-state index < -0.39 is 0 Å². The number of carbonyl (C=O) groups excluding carboxylic acids is 1. The first-order chi connectivity index (χ1) is 12.1. The Morgan fingerprint density at radius 2 is 1.36 bits per heavy atom. The summed E-state index contributed by atoms with van der Waals surface area (Å²) in [6, 6.07) is 23.8. The molecule has 3 N–H and O–H groups in total. The molecule has 0 aliphatic rings.